The first-order chi connectivity index (χ1) is 12.0. The van der Waals surface area contributed by atoms with Crippen LogP contribution >= 0.6 is 0 Å². The van der Waals surface area contributed by atoms with Crippen LogP contribution in [0, 0.1) is 15.9 Å². The molecular weight excluding hydrogens is 365 g/mol. The van der Waals surface area contributed by atoms with Crippen molar-refractivity contribution < 1.29 is 22.5 Å². The second kappa shape index (κ2) is 7.08. The Morgan fingerprint density at radius 3 is 2.38 bits per heavy atom. The zero-order chi connectivity index (χ0) is 19.6. The highest BCUT2D eigenvalue weighted by Crippen LogP contribution is 2.26. The predicted molar refractivity (Wildman–Crippen MR) is 94.9 cm³/mol. The van der Waals surface area contributed by atoms with Crippen LogP contribution in [-0.4, -0.2) is 39.6 Å². The summed E-state index contributed by atoms with van der Waals surface area (Å²) in [5.74, 6) is -1.63. The number of sulfone groups is 1. The quantitative estimate of drug-likeness (QED) is 0.484. The van der Waals surface area contributed by atoms with Crippen molar-refractivity contribution in [2.24, 2.45) is 0 Å². The van der Waals surface area contributed by atoms with E-state index in [0.717, 1.165) is 30.5 Å². The molecule has 1 amide bonds. The average molecular weight is 381 g/mol. The lowest BCUT2D eigenvalue weighted by atomic mass is 10.1. The Labute approximate surface area is 149 Å². The molecule has 0 aliphatic carbocycles. The lowest BCUT2D eigenvalue weighted by Gasteiger charge is -2.17. The third-order valence-corrected chi connectivity index (χ3v) is 4.64. The summed E-state index contributed by atoms with van der Waals surface area (Å²) in [6, 6.07) is 6.72. The molecule has 1 N–H and O–H groups in total. The first-order valence-corrected chi connectivity index (χ1v) is 9.16. The fraction of sp³-hybridized carbons (Fsp3) is 0.188. The molecule has 0 aromatic heterocycles. The van der Waals surface area contributed by atoms with Crippen LogP contribution in [0.15, 0.2) is 41.3 Å². The number of nitrogens with one attached hydrogen (secondary N) is 1. The number of carbonyl (C=O) groups is 1. The number of amides is 1. The van der Waals surface area contributed by atoms with E-state index >= 15 is 0 Å². The molecule has 138 valence electrons. The lowest BCUT2D eigenvalue weighted by Crippen LogP contribution is -2.19. The number of nitrogens with zero attached hydrogens (tertiary/aromatic N) is 2. The average Bonchev–Trinajstić information content (AvgIpc) is 2.54. The summed E-state index contributed by atoms with van der Waals surface area (Å²) in [4.78, 5) is 24.3. The highest BCUT2D eigenvalue weighted by Gasteiger charge is 2.20. The van der Waals surface area contributed by atoms with Crippen LogP contribution in [0.1, 0.15) is 10.4 Å². The molecule has 0 radical (unpaired) electrons. The molecule has 0 saturated carbocycles. The van der Waals surface area contributed by atoms with Crippen molar-refractivity contribution in [1.29, 1.82) is 0 Å². The van der Waals surface area contributed by atoms with Crippen LogP contribution in [-0.2, 0) is 9.84 Å². The van der Waals surface area contributed by atoms with E-state index < -0.39 is 26.5 Å². The van der Waals surface area contributed by atoms with Crippen molar-refractivity contribution >= 4 is 32.8 Å². The summed E-state index contributed by atoms with van der Waals surface area (Å²) >= 11 is 0. The molecule has 0 saturated heterocycles. The molecule has 2 aromatic carbocycles. The van der Waals surface area contributed by atoms with Gasteiger partial charge in [0.25, 0.3) is 11.6 Å². The van der Waals surface area contributed by atoms with Crippen molar-refractivity contribution in [1.82, 2.24) is 0 Å². The van der Waals surface area contributed by atoms with E-state index in [9.17, 15) is 27.7 Å². The summed E-state index contributed by atoms with van der Waals surface area (Å²) < 4.78 is 37.2. The number of benzene rings is 2. The van der Waals surface area contributed by atoms with E-state index in [-0.39, 0.29) is 21.8 Å². The maximum absolute atomic E-state index is 14.0. The van der Waals surface area contributed by atoms with E-state index in [1.807, 2.05) is 0 Å². The van der Waals surface area contributed by atoms with Crippen LogP contribution in [0.25, 0.3) is 0 Å². The van der Waals surface area contributed by atoms with Gasteiger partial charge in [0.15, 0.2) is 9.84 Å². The summed E-state index contributed by atoms with van der Waals surface area (Å²) in [5.41, 5.74) is -0.304. The monoisotopic (exact) mass is 381 g/mol. The lowest BCUT2D eigenvalue weighted by molar-refractivity contribution is -0.384. The number of non-ortho nitro benzene ring substituents is 1. The van der Waals surface area contributed by atoms with E-state index in [0.29, 0.717) is 5.69 Å². The minimum absolute atomic E-state index is 0.0478. The highest BCUT2D eigenvalue weighted by molar-refractivity contribution is 7.90. The standard InChI is InChI=1S/C16H16FN3O5S/c1-19(2)15-7-4-10(20(22)23)8-12(15)16(21)18-14-9-11(26(3,24)25)5-6-13(14)17/h4-9H,1-3H3,(H,18,21). The van der Waals surface area contributed by atoms with Crippen LogP contribution < -0.4 is 10.2 Å². The summed E-state index contributed by atoms with van der Waals surface area (Å²) in [5, 5.41) is 13.2. The van der Waals surface area contributed by atoms with Gasteiger partial charge in [0.1, 0.15) is 5.82 Å². The number of halogens is 1. The number of hydrogen-bond donors (Lipinski definition) is 1. The van der Waals surface area contributed by atoms with Gasteiger partial charge in [-0.2, -0.15) is 0 Å². The molecule has 2 rings (SSSR count). The van der Waals surface area contributed by atoms with Crippen molar-refractivity contribution in [2.75, 3.05) is 30.6 Å². The van der Waals surface area contributed by atoms with E-state index in [2.05, 4.69) is 5.32 Å². The van der Waals surface area contributed by atoms with Gasteiger partial charge in [-0.25, -0.2) is 12.8 Å². The van der Waals surface area contributed by atoms with Crippen molar-refractivity contribution in [3.8, 4) is 0 Å². The van der Waals surface area contributed by atoms with Gasteiger partial charge >= 0.3 is 0 Å². The fourth-order valence-electron chi connectivity index (χ4n) is 2.23. The third-order valence-electron chi connectivity index (χ3n) is 3.53. The Balaban J connectivity index is 2.48. The molecule has 0 spiro atoms. The SMILES string of the molecule is CN(C)c1ccc([N+](=O)[O-])cc1C(=O)Nc1cc(S(C)(=O)=O)ccc1F. The maximum atomic E-state index is 14.0. The molecule has 0 fully saturated rings. The van der Waals surface area contributed by atoms with Crippen molar-refractivity contribution in [3.05, 3.63) is 57.9 Å². The predicted octanol–water partition coefficient (Wildman–Crippen LogP) is 2.46. The van der Waals surface area contributed by atoms with Crippen LogP contribution in [0.5, 0.6) is 0 Å². The van der Waals surface area contributed by atoms with Gasteiger partial charge in [0.2, 0.25) is 0 Å². The van der Waals surface area contributed by atoms with Gasteiger partial charge in [-0.15, -0.1) is 0 Å². The molecule has 0 aliphatic rings. The number of rotatable bonds is 5. The van der Waals surface area contributed by atoms with E-state index in [1.54, 1.807) is 19.0 Å². The van der Waals surface area contributed by atoms with Gasteiger partial charge in [0, 0.05) is 38.2 Å². The Morgan fingerprint density at radius 2 is 1.85 bits per heavy atom. The van der Waals surface area contributed by atoms with E-state index in [4.69, 9.17) is 0 Å². The number of anilines is 2. The Hall–Kier alpha value is -3.01. The molecule has 10 heteroatoms. The normalized spacial score (nSPS) is 11.1. The van der Waals surface area contributed by atoms with Crippen LogP contribution in [0.2, 0.25) is 0 Å². The maximum Gasteiger partial charge on any atom is 0.270 e. The summed E-state index contributed by atoms with van der Waals surface area (Å²) in [6.45, 7) is 0. The van der Waals surface area contributed by atoms with Gasteiger partial charge in [-0.1, -0.05) is 0 Å². The summed E-state index contributed by atoms with van der Waals surface area (Å²) in [7, 11) is -0.314. The Kier molecular flexibility index (Phi) is 5.26. The Morgan fingerprint density at radius 1 is 1.19 bits per heavy atom. The molecule has 0 atom stereocenters. The molecule has 0 unspecified atom stereocenters. The number of hydrogen-bond acceptors (Lipinski definition) is 6. The van der Waals surface area contributed by atoms with E-state index in [1.165, 1.54) is 12.1 Å². The zero-order valence-electron chi connectivity index (χ0n) is 14.2. The smallest absolute Gasteiger partial charge is 0.270 e. The largest absolute Gasteiger partial charge is 0.377 e. The zero-order valence-corrected chi connectivity index (χ0v) is 15.0. The van der Waals surface area contributed by atoms with Crippen molar-refractivity contribution in [3.63, 3.8) is 0 Å². The number of nitro groups is 1. The molecule has 8 nitrogen and oxygen atoms in total. The van der Waals surface area contributed by atoms with Crippen molar-refractivity contribution in [2.45, 2.75) is 4.90 Å². The molecular formula is C16H16FN3O5S. The highest BCUT2D eigenvalue weighted by atomic mass is 32.2. The molecule has 2 aromatic rings. The minimum atomic E-state index is -3.60. The topological polar surface area (TPSA) is 110 Å². The second-order valence-electron chi connectivity index (χ2n) is 5.72. The van der Waals surface area contributed by atoms with Gasteiger partial charge in [-0.05, 0) is 24.3 Å². The van der Waals surface area contributed by atoms with Crippen LogP contribution in [0.4, 0.5) is 21.5 Å². The fourth-order valence-corrected chi connectivity index (χ4v) is 2.88. The van der Waals surface area contributed by atoms with Gasteiger partial charge < -0.3 is 10.2 Å². The summed E-state index contributed by atoms with van der Waals surface area (Å²) in [6.07, 6.45) is 0.955. The molecule has 0 aliphatic heterocycles. The Bertz CT molecular complexity index is 989. The molecule has 0 bridgehead atoms. The third kappa shape index (κ3) is 4.14. The number of carbonyl (C=O) groups excluding carboxylic acids is 1. The first kappa shape index (κ1) is 19.3. The second-order valence-corrected chi connectivity index (χ2v) is 7.74. The molecule has 0 heterocycles. The number of nitro benzene ring substituents is 1. The van der Waals surface area contributed by atoms with Gasteiger partial charge in [-0.3, -0.25) is 14.9 Å². The van der Waals surface area contributed by atoms with Gasteiger partial charge in [0.05, 0.1) is 21.1 Å². The minimum Gasteiger partial charge on any atom is -0.377 e. The molecule has 26 heavy (non-hydrogen) atoms. The van der Waals surface area contributed by atoms with Crippen LogP contribution in [0.3, 0.4) is 0 Å². The first-order valence-electron chi connectivity index (χ1n) is 7.27.